The normalized spacial score (nSPS) is 10.9. The Kier molecular flexibility index (Phi) is 2.98. The van der Waals surface area contributed by atoms with Crippen molar-refractivity contribution in [3.05, 3.63) is 41.6 Å². The third-order valence-corrected chi connectivity index (χ3v) is 3.62. The number of oxazole rings is 1. The summed E-state index contributed by atoms with van der Waals surface area (Å²) < 4.78 is 6.78. The highest BCUT2D eigenvalue weighted by molar-refractivity contribution is 7.17. The van der Waals surface area contributed by atoms with E-state index in [1.807, 2.05) is 19.2 Å². The van der Waals surface area contributed by atoms with Crippen molar-refractivity contribution >= 4 is 27.2 Å². The maximum Gasteiger partial charge on any atom is 0.213 e. The minimum atomic E-state index is 0.558. The third-order valence-electron chi connectivity index (χ3n) is 2.74. The number of fused-ring (bicyclic) bond motifs is 1. The molecule has 0 radical (unpaired) electrons. The van der Waals surface area contributed by atoms with E-state index in [0.29, 0.717) is 12.4 Å². The van der Waals surface area contributed by atoms with Crippen molar-refractivity contribution in [2.75, 3.05) is 5.32 Å². The zero-order chi connectivity index (χ0) is 12.4. The lowest BCUT2D eigenvalue weighted by atomic mass is 10.3. The molecule has 0 aromatic carbocycles. The van der Waals surface area contributed by atoms with E-state index in [9.17, 15) is 0 Å². The summed E-state index contributed by atoms with van der Waals surface area (Å²) >= 11 is 1.71. The second-order valence-electron chi connectivity index (χ2n) is 3.92. The summed E-state index contributed by atoms with van der Waals surface area (Å²) in [7, 11) is 0. The van der Waals surface area contributed by atoms with E-state index < -0.39 is 0 Å². The molecule has 0 aliphatic carbocycles. The van der Waals surface area contributed by atoms with Crippen molar-refractivity contribution in [3.63, 3.8) is 0 Å². The Morgan fingerprint density at radius 1 is 1.33 bits per heavy atom. The summed E-state index contributed by atoms with van der Waals surface area (Å²) in [5, 5.41) is 6.48. The van der Waals surface area contributed by atoms with Crippen molar-refractivity contribution in [1.82, 2.24) is 9.97 Å². The summed E-state index contributed by atoms with van der Waals surface area (Å²) in [6.45, 7) is 2.60. The van der Waals surface area contributed by atoms with Crippen LogP contribution in [0.25, 0.3) is 10.1 Å². The highest BCUT2D eigenvalue weighted by Crippen LogP contribution is 2.25. The van der Waals surface area contributed by atoms with Crippen LogP contribution in [0.15, 0.2) is 34.3 Å². The minimum absolute atomic E-state index is 0.558. The number of thiophene rings is 1. The molecule has 0 spiro atoms. The van der Waals surface area contributed by atoms with Crippen molar-refractivity contribution in [3.8, 4) is 0 Å². The second kappa shape index (κ2) is 4.78. The number of aryl methyl sites for hydroxylation is 1. The maximum atomic E-state index is 5.55. The van der Waals surface area contributed by atoms with Crippen molar-refractivity contribution < 1.29 is 4.42 Å². The van der Waals surface area contributed by atoms with E-state index in [4.69, 9.17) is 4.42 Å². The Labute approximate surface area is 109 Å². The fourth-order valence-electron chi connectivity index (χ4n) is 1.79. The largest absolute Gasteiger partial charge is 0.444 e. The Morgan fingerprint density at radius 2 is 2.28 bits per heavy atom. The minimum Gasteiger partial charge on any atom is -0.444 e. The molecule has 0 aliphatic rings. The summed E-state index contributed by atoms with van der Waals surface area (Å²) in [6.07, 6.45) is 4.45. The van der Waals surface area contributed by atoms with Crippen molar-refractivity contribution in [2.24, 2.45) is 0 Å². The molecule has 3 heterocycles. The Bertz CT molecular complexity index is 659. The number of hydrogen-bond donors (Lipinski definition) is 1. The van der Waals surface area contributed by atoms with Gasteiger partial charge in [-0.05, 0) is 17.5 Å². The van der Waals surface area contributed by atoms with Crippen molar-refractivity contribution in [1.29, 1.82) is 0 Å². The molecule has 3 aromatic rings. The molecule has 0 saturated heterocycles. The Hall–Kier alpha value is -1.88. The molecule has 0 fully saturated rings. The van der Waals surface area contributed by atoms with Gasteiger partial charge in [0.15, 0.2) is 0 Å². The van der Waals surface area contributed by atoms with Crippen LogP contribution in [0.3, 0.4) is 0 Å². The summed E-state index contributed by atoms with van der Waals surface area (Å²) in [5.74, 6) is 2.49. The lowest BCUT2D eigenvalue weighted by Gasteiger charge is -2.03. The quantitative estimate of drug-likeness (QED) is 0.779. The summed E-state index contributed by atoms with van der Waals surface area (Å²) in [6, 6.07) is 4.09. The summed E-state index contributed by atoms with van der Waals surface area (Å²) in [4.78, 5) is 8.56. The number of nitrogens with one attached hydrogen (secondary N) is 1. The zero-order valence-electron chi connectivity index (χ0n) is 10.0. The molecule has 0 atom stereocenters. The maximum absolute atomic E-state index is 5.55. The van der Waals surface area contributed by atoms with Gasteiger partial charge < -0.3 is 9.73 Å². The Morgan fingerprint density at radius 3 is 3.11 bits per heavy atom. The smallest absolute Gasteiger partial charge is 0.213 e. The van der Waals surface area contributed by atoms with E-state index in [-0.39, 0.29) is 0 Å². The van der Waals surface area contributed by atoms with E-state index in [2.05, 4.69) is 26.7 Å². The molecule has 5 heteroatoms. The molecule has 0 bridgehead atoms. The van der Waals surface area contributed by atoms with Crippen LogP contribution in [0.5, 0.6) is 0 Å². The van der Waals surface area contributed by atoms with Crippen molar-refractivity contribution in [2.45, 2.75) is 19.9 Å². The highest BCUT2D eigenvalue weighted by Gasteiger charge is 2.05. The first-order chi connectivity index (χ1) is 8.86. The monoisotopic (exact) mass is 259 g/mol. The molecule has 0 aliphatic heterocycles. The molecule has 0 saturated carbocycles. The van der Waals surface area contributed by atoms with Gasteiger partial charge in [-0.3, -0.25) is 0 Å². The van der Waals surface area contributed by atoms with Crippen LogP contribution in [0.4, 0.5) is 5.82 Å². The van der Waals surface area contributed by atoms with Crippen LogP contribution in [0, 0.1) is 0 Å². The lowest BCUT2D eigenvalue weighted by Crippen LogP contribution is -2.01. The number of rotatable bonds is 4. The predicted octanol–water partition coefficient (Wildman–Crippen LogP) is 3.46. The number of aromatic nitrogens is 2. The van der Waals surface area contributed by atoms with Gasteiger partial charge in [0, 0.05) is 22.7 Å². The van der Waals surface area contributed by atoms with E-state index in [1.165, 1.54) is 4.70 Å². The molecular formula is C13H13N3OS. The lowest BCUT2D eigenvalue weighted by molar-refractivity contribution is 0.465. The molecule has 0 amide bonds. The number of anilines is 1. The second-order valence-corrected chi connectivity index (χ2v) is 4.87. The molecule has 3 aromatic heterocycles. The average Bonchev–Trinajstić information content (AvgIpc) is 3.05. The van der Waals surface area contributed by atoms with Gasteiger partial charge in [0.25, 0.3) is 0 Å². The SMILES string of the molecule is CCc1cnc(CNc2nccc3sccc23)o1. The first-order valence-electron chi connectivity index (χ1n) is 5.86. The first kappa shape index (κ1) is 11.2. The molecule has 3 rings (SSSR count). The van der Waals surface area contributed by atoms with Gasteiger partial charge in [0.1, 0.15) is 11.6 Å². The van der Waals surface area contributed by atoms with Gasteiger partial charge in [-0.25, -0.2) is 9.97 Å². The van der Waals surface area contributed by atoms with E-state index in [0.717, 1.165) is 23.4 Å². The topological polar surface area (TPSA) is 51.0 Å². The van der Waals surface area contributed by atoms with Crippen LogP contribution in [-0.4, -0.2) is 9.97 Å². The van der Waals surface area contributed by atoms with Crippen LogP contribution in [0.2, 0.25) is 0 Å². The first-order valence-corrected chi connectivity index (χ1v) is 6.74. The fraction of sp³-hybridized carbons (Fsp3) is 0.231. The van der Waals surface area contributed by atoms with Crippen LogP contribution < -0.4 is 5.32 Å². The molecule has 0 unspecified atom stereocenters. The van der Waals surface area contributed by atoms with Crippen LogP contribution >= 0.6 is 11.3 Å². The van der Waals surface area contributed by atoms with Gasteiger partial charge in [-0.2, -0.15) is 0 Å². The fourth-order valence-corrected chi connectivity index (χ4v) is 2.57. The Balaban J connectivity index is 1.78. The molecule has 4 nitrogen and oxygen atoms in total. The van der Waals surface area contributed by atoms with Gasteiger partial charge in [0.05, 0.1) is 12.7 Å². The zero-order valence-corrected chi connectivity index (χ0v) is 10.8. The van der Waals surface area contributed by atoms with Crippen LogP contribution in [-0.2, 0) is 13.0 Å². The predicted molar refractivity (Wildman–Crippen MR) is 72.8 cm³/mol. The van der Waals surface area contributed by atoms with Gasteiger partial charge >= 0.3 is 0 Å². The molecule has 18 heavy (non-hydrogen) atoms. The third kappa shape index (κ3) is 2.09. The van der Waals surface area contributed by atoms with E-state index in [1.54, 1.807) is 17.5 Å². The standard InChI is InChI=1S/C13H13N3OS/c1-2-9-7-15-12(17-9)8-16-13-10-4-6-18-11(10)3-5-14-13/h3-7H,2,8H2,1H3,(H,14,16). The van der Waals surface area contributed by atoms with Gasteiger partial charge in [0.2, 0.25) is 5.89 Å². The highest BCUT2D eigenvalue weighted by atomic mass is 32.1. The number of hydrogen-bond acceptors (Lipinski definition) is 5. The summed E-state index contributed by atoms with van der Waals surface area (Å²) in [5.41, 5.74) is 0. The molecular weight excluding hydrogens is 246 g/mol. The average molecular weight is 259 g/mol. The van der Waals surface area contributed by atoms with Gasteiger partial charge in [-0.15, -0.1) is 11.3 Å². The molecule has 1 N–H and O–H groups in total. The van der Waals surface area contributed by atoms with E-state index >= 15 is 0 Å². The van der Waals surface area contributed by atoms with Crippen LogP contribution in [0.1, 0.15) is 18.6 Å². The molecule has 92 valence electrons. The number of nitrogens with zero attached hydrogens (tertiary/aromatic N) is 2. The van der Waals surface area contributed by atoms with Gasteiger partial charge in [-0.1, -0.05) is 6.92 Å². The number of pyridine rings is 1.